The van der Waals surface area contributed by atoms with Gasteiger partial charge < -0.3 is 15.8 Å². The number of carbonyl (C=O) groups excluding carboxylic acids is 1. The van der Waals surface area contributed by atoms with Crippen molar-refractivity contribution < 1.29 is 9.53 Å². The zero-order valence-electron chi connectivity index (χ0n) is 11.6. The molecule has 2 unspecified atom stereocenters. The Hall–Kier alpha value is -1.71. The molecule has 2 atom stereocenters. The highest BCUT2D eigenvalue weighted by molar-refractivity contribution is 6.02. The number of benzene rings is 1. The van der Waals surface area contributed by atoms with Crippen LogP contribution in [0.2, 0.25) is 0 Å². The molecule has 1 aromatic rings. The fourth-order valence-electron chi connectivity index (χ4n) is 2.73. The van der Waals surface area contributed by atoms with Crippen LogP contribution in [0, 0.1) is 5.92 Å². The van der Waals surface area contributed by atoms with E-state index in [1.54, 1.807) is 25.3 Å². The van der Waals surface area contributed by atoms with Gasteiger partial charge in [-0.05, 0) is 30.9 Å². The monoisotopic (exact) mass is 262 g/mol. The number of methoxy groups -OCH3 is 1. The molecular weight excluding hydrogens is 240 g/mol. The molecule has 0 aliphatic heterocycles. The molecule has 2 rings (SSSR count). The second-order valence-electron chi connectivity index (χ2n) is 5.27. The smallest absolute Gasteiger partial charge is 0.257 e. The average molecular weight is 262 g/mol. The van der Waals surface area contributed by atoms with Crippen molar-refractivity contribution in [2.24, 2.45) is 5.92 Å². The van der Waals surface area contributed by atoms with Gasteiger partial charge in [0.05, 0.1) is 7.11 Å². The molecule has 0 heterocycles. The van der Waals surface area contributed by atoms with Gasteiger partial charge in [-0.15, -0.1) is 0 Å². The van der Waals surface area contributed by atoms with E-state index in [-0.39, 0.29) is 11.9 Å². The van der Waals surface area contributed by atoms with Gasteiger partial charge in [0.1, 0.15) is 11.3 Å². The molecule has 1 aromatic carbocycles. The lowest BCUT2D eigenvalue weighted by atomic mass is 9.86. The predicted octanol–water partition coefficient (Wildman–Crippen LogP) is 2.59. The Bertz CT molecular complexity index is 459. The number of hydrogen-bond donors (Lipinski definition) is 2. The SMILES string of the molecule is COc1cccc(N)c1C(=O)NC1CCCCC1C. The van der Waals surface area contributed by atoms with Crippen LogP contribution in [0.3, 0.4) is 0 Å². The van der Waals surface area contributed by atoms with Crippen molar-refractivity contribution in [1.29, 1.82) is 0 Å². The van der Waals surface area contributed by atoms with E-state index in [1.807, 2.05) is 0 Å². The molecule has 3 N–H and O–H groups in total. The number of hydrogen-bond acceptors (Lipinski definition) is 3. The Morgan fingerprint density at radius 2 is 2.11 bits per heavy atom. The van der Waals surface area contributed by atoms with Crippen LogP contribution in [-0.2, 0) is 0 Å². The molecule has 0 saturated heterocycles. The van der Waals surface area contributed by atoms with E-state index < -0.39 is 0 Å². The maximum absolute atomic E-state index is 12.4. The van der Waals surface area contributed by atoms with Crippen LogP contribution >= 0.6 is 0 Å². The first-order chi connectivity index (χ1) is 9.13. The molecular formula is C15H22N2O2. The number of carbonyl (C=O) groups is 1. The molecule has 1 aliphatic rings. The molecule has 1 amide bonds. The van der Waals surface area contributed by atoms with E-state index in [0.717, 1.165) is 6.42 Å². The van der Waals surface area contributed by atoms with Crippen LogP contribution in [0.15, 0.2) is 18.2 Å². The Morgan fingerprint density at radius 1 is 1.37 bits per heavy atom. The van der Waals surface area contributed by atoms with Gasteiger partial charge >= 0.3 is 0 Å². The Kier molecular flexibility index (Phi) is 4.30. The quantitative estimate of drug-likeness (QED) is 0.823. The number of nitrogens with one attached hydrogen (secondary N) is 1. The summed E-state index contributed by atoms with van der Waals surface area (Å²) >= 11 is 0. The van der Waals surface area contributed by atoms with E-state index in [0.29, 0.717) is 22.9 Å². The van der Waals surface area contributed by atoms with Crippen LogP contribution in [-0.4, -0.2) is 19.1 Å². The Morgan fingerprint density at radius 3 is 2.79 bits per heavy atom. The molecule has 104 valence electrons. The molecule has 0 aromatic heterocycles. The average Bonchev–Trinajstić information content (AvgIpc) is 2.40. The normalized spacial score (nSPS) is 22.8. The van der Waals surface area contributed by atoms with Crippen molar-refractivity contribution in [2.45, 2.75) is 38.6 Å². The predicted molar refractivity (Wildman–Crippen MR) is 76.3 cm³/mol. The highest BCUT2D eigenvalue weighted by Gasteiger charge is 2.25. The lowest BCUT2D eigenvalue weighted by molar-refractivity contribution is 0.0908. The van der Waals surface area contributed by atoms with Crippen molar-refractivity contribution in [1.82, 2.24) is 5.32 Å². The molecule has 1 aliphatic carbocycles. The maximum atomic E-state index is 12.4. The fourth-order valence-corrected chi connectivity index (χ4v) is 2.73. The first kappa shape index (κ1) is 13.7. The van der Waals surface area contributed by atoms with E-state index in [4.69, 9.17) is 10.5 Å². The van der Waals surface area contributed by atoms with E-state index in [9.17, 15) is 4.79 Å². The van der Waals surface area contributed by atoms with Crippen LogP contribution in [0.1, 0.15) is 43.0 Å². The lowest BCUT2D eigenvalue weighted by Crippen LogP contribution is -2.41. The number of anilines is 1. The summed E-state index contributed by atoms with van der Waals surface area (Å²) in [5.74, 6) is 0.920. The first-order valence-corrected chi connectivity index (χ1v) is 6.87. The third-order valence-electron chi connectivity index (χ3n) is 3.93. The van der Waals surface area contributed by atoms with Crippen molar-refractivity contribution in [3.63, 3.8) is 0 Å². The van der Waals surface area contributed by atoms with Gasteiger partial charge in [-0.1, -0.05) is 25.8 Å². The third kappa shape index (κ3) is 3.00. The van der Waals surface area contributed by atoms with Gasteiger partial charge in [0.2, 0.25) is 0 Å². The summed E-state index contributed by atoms with van der Waals surface area (Å²) < 4.78 is 5.22. The minimum atomic E-state index is -0.131. The molecule has 0 radical (unpaired) electrons. The second-order valence-corrected chi connectivity index (χ2v) is 5.27. The molecule has 1 fully saturated rings. The fraction of sp³-hybridized carbons (Fsp3) is 0.533. The highest BCUT2D eigenvalue weighted by Crippen LogP contribution is 2.27. The van der Waals surface area contributed by atoms with Crippen molar-refractivity contribution >= 4 is 11.6 Å². The number of ether oxygens (including phenoxy) is 1. The summed E-state index contributed by atoms with van der Waals surface area (Å²) in [6.45, 7) is 2.19. The molecule has 1 saturated carbocycles. The summed E-state index contributed by atoms with van der Waals surface area (Å²) in [5.41, 5.74) is 6.80. The zero-order valence-corrected chi connectivity index (χ0v) is 11.6. The third-order valence-corrected chi connectivity index (χ3v) is 3.93. The van der Waals surface area contributed by atoms with Crippen molar-refractivity contribution in [3.05, 3.63) is 23.8 Å². The minimum absolute atomic E-state index is 0.131. The van der Waals surface area contributed by atoms with Gasteiger partial charge in [0.15, 0.2) is 0 Å². The largest absolute Gasteiger partial charge is 0.496 e. The Balaban J connectivity index is 2.15. The summed E-state index contributed by atoms with van der Waals surface area (Å²) in [6.07, 6.45) is 4.65. The van der Waals surface area contributed by atoms with E-state index in [2.05, 4.69) is 12.2 Å². The standard InChI is InChI=1S/C15H22N2O2/c1-10-6-3-4-8-12(10)17-15(18)14-11(16)7-5-9-13(14)19-2/h5,7,9-10,12H,3-4,6,8,16H2,1-2H3,(H,17,18). The number of nitrogen functional groups attached to an aromatic ring is 1. The number of rotatable bonds is 3. The van der Waals surface area contributed by atoms with Crippen LogP contribution in [0.25, 0.3) is 0 Å². The zero-order chi connectivity index (χ0) is 13.8. The van der Waals surface area contributed by atoms with Gasteiger partial charge in [0.25, 0.3) is 5.91 Å². The molecule has 19 heavy (non-hydrogen) atoms. The van der Waals surface area contributed by atoms with Crippen LogP contribution in [0.4, 0.5) is 5.69 Å². The molecule has 0 spiro atoms. The minimum Gasteiger partial charge on any atom is -0.496 e. The summed E-state index contributed by atoms with van der Waals surface area (Å²) in [7, 11) is 1.55. The first-order valence-electron chi connectivity index (χ1n) is 6.87. The second kappa shape index (κ2) is 5.95. The van der Waals surface area contributed by atoms with Gasteiger partial charge in [-0.2, -0.15) is 0 Å². The van der Waals surface area contributed by atoms with Gasteiger partial charge in [0, 0.05) is 11.7 Å². The van der Waals surface area contributed by atoms with Gasteiger partial charge in [-0.25, -0.2) is 0 Å². The van der Waals surface area contributed by atoms with Crippen LogP contribution in [0.5, 0.6) is 5.75 Å². The van der Waals surface area contributed by atoms with Crippen molar-refractivity contribution in [2.75, 3.05) is 12.8 Å². The summed E-state index contributed by atoms with van der Waals surface area (Å²) in [5, 5.41) is 3.10. The van der Waals surface area contributed by atoms with Gasteiger partial charge in [-0.3, -0.25) is 4.79 Å². The van der Waals surface area contributed by atoms with E-state index >= 15 is 0 Å². The number of nitrogens with two attached hydrogens (primary N) is 1. The molecule has 4 heteroatoms. The Labute approximate surface area is 114 Å². The molecule has 4 nitrogen and oxygen atoms in total. The lowest BCUT2D eigenvalue weighted by Gasteiger charge is -2.29. The summed E-state index contributed by atoms with van der Waals surface area (Å²) in [4.78, 5) is 12.4. The summed E-state index contributed by atoms with van der Waals surface area (Å²) in [6, 6.07) is 5.51. The number of amides is 1. The topological polar surface area (TPSA) is 64.3 Å². The van der Waals surface area contributed by atoms with E-state index in [1.165, 1.54) is 19.3 Å². The van der Waals surface area contributed by atoms with Crippen molar-refractivity contribution in [3.8, 4) is 5.75 Å². The van der Waals surface area contributed by atoms with Crippen LogP contribution < -0.4 is 15.8 Å². The maximum Gasteiger partial charge on any atom is 0.257 e. The molecule has 0 bridgehead atoms. The highest BCUT2D eigenvalue weighted by atomic mass is 16.5.